The molecular formula is C24H19F2N3O. The van der Waals surface area contributed by atoms with Gasteiger partial charge < -0.3 is 9.88 Å². The molecule has 1 N–H and O–H groups in total. The van der Waals surface area contributed by atoms with Crippen LogP contribution in [-0.2, 0) is 6.54 Å². The molecule has 0 aliphatic carbocycles. The smallest absolute Gasteiger partial charge is 0.253 e. The molecular weight excluding hydrogens is 384 g/mol. The Labute approximate surface area is 172 Å². The summed E-state index contributed by atoms with van der Waals surface area (Å²) in [5.41, 5.74) is 3.49. The van der Waals surface area contributed by atoms with Gasteiger partial charge in [-0.3, -0.25) is 9.78 Å². The Kier molecular flexibility index (Phi) is 5.39. The summed E-state index contributed by atoms with van der Waals surface area (Å²) in [6, 6.07) is 18.2. The fourth-order valence-electron chi connectivity index (χ4n) is 3.41. The number of nitrogens with zero attached hydrogens (tertiary/aromatic N) is 2. The summed E-state index contributed by atoms with van der Waals surface area (Å²) in [5.74, 6) is -1.64. The summed E-state index contributed by atoms with van der Waals surface area (Å²) < 4.78 is 29.7. The Morgan fingerprint density at radius 1 is 1.03 bits per heavy atom. The largest absolute Gasteiger partial charge is 0.348 e. The van der Waals surface area contributed by atoms with Crippen molar-refractivity contribution in [2.24, 2.45) is 0 Å². The molecule has 1 amide bonds. The number of carbonyl (C=O) groups excluding carboxylic acids is 1. The van der Waals surface area contributed by atoms with E-state index in [1.54, 1.807) is 36.0 Å². The summed E-state index contributed by atoms with van der Waals surface area (Å²) in [6.07, 6.45) is 3.35. The topological polar surface area (TPSA) is 46.9 Å². The van der Waals surface area contributed by atoms with Gasteiger partial charge in [0.05, 0.1) is 16.9 Å². The van der Waals surface area contributed by atoms with Gasteiger partial charge in [0, 0.05) is 30.7 Å². The molecule has 0 atom stereocenters. The highest BCUT2D eigenvalue weighted by Crippen LogP contribution is 2.31. The lowest BCUT2D eigenvalue weighted by Crippen LogP contribution is -2.23. The maximum atomic E-state index is 14.6. The van der Waals surface area contributed by atoms with Gasteiger partial charge in [0.15, 0.2) is 0 Å². The summed E-state index contributed by atoms with van der Waals surface area (Å²) in [7, 11) is 0. The fraction of sp³-hybridized carbons (Fsp3) is 0.0833. The van der Waals surface area contributed by atoms with Gasteiger partial charge >= 0.3 is 0 Å². The van der Waals surface area contributed by atoms with Crippen LogP contribution in [0, 0.1) is 18.6 Å². The number of hydrogen-bond acceptors (Lipinski definition) is 2. The maximum Gasteiger partial charge on any atom is 0.253 e. The van der Waals surface area contributed by atoms with Crippen LogP contribution in [0.15, 0.2) is 79.1 Å². The molecule has 2 heterocycles. The number of benzene rings is 2. The Morgan fingerprint density at radius 2 is 1.83 bits per heavy atom. The first-order valence-corrected chi connectivity index (χ1v) is 9.45. The van der Waals surface area contributed by atoms with Crippen molar-refractivity contribution in [1.82, 2.24) is 14.9 Å². The van der Waals surface area contributed by atoms with Gasteiger partial charge in [0.2, 0.25) is 0 Å². The number of nitrogens with one attached hydrogen (secondary N) is 1. The van der Waals surface area contributed by atoms with Crippen molar-refractivity contribution in [2.45, 2.75) is 13.5 Å². The van der Waals surface area contributed by atoms with Crippen LogP contribution >= 0.6 is 0 Å². The molecule has 0 radical (unpaired) electrons. The number of rotatable bonds is 5. The molecule has 4 nitrogen and oxygen atoms in total. The van der Waals surface area contributed by atoms with E-state index >= 15 is 0 Å². The highest BCUT2D eigenvalue weighted by molar-refractivity contribution is 5.97. The van der Waals surface area contributed by atoms with Crippen LogP contribution in [0.2, 0.25) is 0 Å². The minimum Gasteiger partial charge on any atom is -0.348 e. The summed E-state index contributed by atoms with van der Waals surface area (Å²) in [5, 5.41) is 2.88. The molecule has 0 bridgehead atoms. The van der Waals surface area contributed by atoms with E-state index in [1.165, 1.54) is 12.1 Å². The van der Waals surface area contributed by atoms with Gasteiger partial charge in [-0.2, -0.15) is 0 Å². The van der Waals surface area contributed by atoms with Gasteiger partial charge in [0.1, 0.15) is 11.6 Å². The van der Waals surface area contributed by atoms with Crippen molar-refractivity contribution >= 4 is 5.91 Å². The number of carbonyl (C=O) groups is 1. The summed E-state index contributed by atoms with van der Waals surface area (Å²) in [4.78, 5) is 16.9. The van der Waals surface area contributed by atoms with Crippen LogP contribution in [-0.4, -0.2) is 15.5 Å². The Balaban J connectivity index is 1.77. The zero-order valence-electron chi connectivity index (χ0n) is 16.3. The third-order valence-corrected chi connectivity index (χ3v) is 4.89. The minimum absolute atomic E-state index is 0.180. The maximum absolute atomic E-state index is 14.6. The van der Waals surface area contributed by atoms with E-state index in [0.717, 1.165) is 17.2 Å². The lowest BCUT2D eigenvalue weighted by Gasteiger charge is -2.13. The standard InChI is InChI=1S/C24H19F2N3O/c1-16-20(24(30)28-15-17-6-5-11-27-14-17)13-23(18-7-3-2-4-8-18)29(16)22-10-9-19(25)12-21(22)26/h2-14H,15H2,1H3,(H,28,30). The van der Waals surface area contributed by atoms with Crippen molar-refractivity contribution in [3.8, 4) is 16.9 Å². The summed E-state index contributed by atoms with van der Waals surface area (Å²) in [6.45, 7) is 2.07. The number of hydrogen-bond donors (Lipinski definition) is 1. The SMILES string of the molecule is Cc1c(C(=O)NCc2cccnc2)cc(-c2ccccc2)n1-c1ccc(F)cc1F. The first-order valence-electron chi connectivity index (χ1n) is 9.45. The average Bonchev–Trinajstić information content (AvgIpc) is 3.10. The average molecular weight is 403 g/mol. The third kappa shape index (κ3) is 3.85. The van der Waals surface area contributed by atoms with Crippen molar-refractivity contribution < 1.29 is 13.6 Å². The van der Waals surface area contributed by atoms with E-state index in [0.29, 0.717) is 23.5 Å². The van der Waals surface area contributed by atoms with Crippen LogP contribution < -0.4 is 5.32 Å². The molecule has 0 spiro atoms. The molecule has 30 heavy (non-hydrogen) atoms. The van der Waals surface area contributed by atoms with Crippen molar-refractivity contribution in [3.63, 3.8) is 0 Å². The molecule has 0 fully saturated rings. The van der Waals surface area contributed by atoms with Crippen LogP contribution in [0.1, 0.15) is 21.6 Å². The number of aromatic nitrogens is 2. The number of amides is 1. The molecule has 0 unspecified atom stereocenters. The lowest BCUT2D eigenvalue weighted by atomic mass is 10.1. The fourth-order valence-corrected chi connectivity index (χ4v) is 3.41. The summed E-state index contributed by atoms with van der Waals surface area (Å²) >= 11 is 0. The van der Waals surface area contributed by atoms with Crippen LogP contribution in [0.25, 0.3) is 16.9 Å². The zero-order valence-corrected chi connectivity index (χ0v) is 16.3. The first-order chi connectivity index (χ1) is 14.5. The Morgan fingerprint density at radius 3 is 2.53 bits per heavy atom. The molecule has 0 saturated carbocycles. The Hall–Kier alpha value is -3.80. The van der Waals surface area contributed by atoms with Crippen molar-refractivity contribution in [2.75, 3.05) is 0 Å². The van der Waals surface area contributed by atoms with Crippen LogP contribution in [0.3, 0.4) is 0 Å². The van der Waals surface area contributed by atoms with Crippen molar-refractivity contribution in [1.29, 1.82) is 0 Å². The third-order valence-electron chi connectivity index (χ3n) is 4.89. The molecule has 2 aromatic heterocycles. The molecule has 0 aliphatic heterocycles. The minimum atomic E-state index is -0.701. The molecule has 150 valence electrons. The van der Waals surface area contributed by atoms with Crippen molar-refractivity contribution in [3.05, 3.63) is 108 Å². The predicted octanol–water partition coefficient (Wildman–Crippen LogP) is 5.06. The highest BCUT2D eigenvalue weighted by Gasteiger charge is 2.21. The van der Waals surface area contributed by atoms with Gasteiger partial charge in [-0.15, -0.1) is 0 Å². The molecule has 2 aromatic carbocycles. The van der Waals surface area contributed by atoms with E-state index in [-0.39, 0.29) is 11.6 Å². The zero-order chi connectivity index (χ0) is 21.1. The van der Waals surface area contributed by atoms with Crippen LogP contribution in [0.5, 0.6) is 0 Å². The van der Waals surface area contributed by atoms with Crippen LogP contribution in [0.4, 0.5) is 8.78 Å². The van der Waals surface area contributed by atoms with Gasteiger partial charge in [-0.25, -0.2) is 8.78 Å². The normalized spacial score (nSPS) is 10.8. The quantitative estimate of drug-likeness (QED) is 0.507. The van der Waals surface area contributed by atoms with Gasteiger partial charge in [-0.05, 0) is 42.3 Å². The second-order valence-electron chi connectivity index (χ2n) is 6.87. The molecule has 0 saturated heterocycles. The molecule has 4 aromatic rings. The monoisotopic (exact) mass is 403 g/mol. The van der Waals surface area contributed by atoms with E-state index < -0.39 is 11.6 Å². The lowest BCUT2D eigenvalue weighted by molar-refractivity contribution is 0.0950. The number of pyridine rings is 1. The number of halogens is 2. The molecule has 4 rings (SSSR count). The van der Waals surface area contributed by atoms with E-state index in [1.807, 2.05) is 36.4 Å². The Bertz CT molecular complexity index is 1190. The highest BCUT2D eigenvalue weighted by atomic mass is 19.1. The second kappa shape index (κ2) is 8.29. The van der Waals surface area contributed by atoms with Gasteiger partial charge in [-0.1, -0.05) is 36.4 Å². The van der Waals surface area contributed by atoms with E-state index in [4.69, 9.17) is 0 Å². The first kappa shape index (κ1) is 19.5. The van der Waals surface area contributed by atoms with E-state index in [9.17, 15) is 13.6 Å². The predicted molar refractivity (Wildman–Crippen MR) is 111 cm³/mol. The molecule has 6 heteroatoms. The second-order valence-corrected chi connectivity index (χ2v) is 6.87. The van der Waals surface area contributed by atoms with E-state index in [2.05, 4.69) is 10.3 Å². The molecule has 0 aliphatic rings. The van der Waals surface area contributed by atoms with Gasteiger partial charge in [0.25, 0.3) is 5.91 Å².